The van der Waals surface area contributed by atoms with Gasteiger partial charge in [-0.1, -0.05) is 11.3 Å². The number of benzene rings is 2. The number of sulfonamides is 1. The van der Waals surface area contributed by atoms with Crippen LogP contribution in [0.4, 0.5) is 4.39 Å². The molecular weight excluding hydrogens is 493 g/mol. The Morgan fingerprint density at radius 1 is 1.14 bits per heavy atom. The van der Waals surface area contributed by atoms with E-state index in [1.54, 1.807) is 17.7 Å². The molecule has 0 aliphatic carbocycles. The van der Waals surface area contributed by atoms with Gasteiger partial charge in [0.15, 0.2) is 4.80 Å². The van der Waals surface area contributed by atoms with Crippen molar-refractivity contribution in [3.8, 4) is 12.1 Å². The Morgan fingerprint density at radius 3 is 2.40 bits per heavy atom. The van der Waals surface area contributed by atoms with Crippen LogP contribution in [0.25, 0.3) is 10.2 Å². The summed E-state index contributed by atoms with van der Waals surface area (Å²) in [6.45, 7) is 0.701. The van der Waals surface area contributed by atoms with Crippen molar-refractivity contribution in [1.82, 2.24) is 8.87 Å². The SMILES string of the molecule is COCCn1c(=NC(=O)c2ccc(S(=O)(=O)N(CCC#N)CCC#N)cc2)sc2cc(F)ccc21. The summed E-state index contributed by atoms with van der Waals surface area (Å²) in [7, 11) is -2.40. The maximum absolute atomic E-state index is 13.7. The number of ether oxygens (including phenoxy) is 1. The predicted octanol–water partition coefficient (Wildman–Crippen LogP) is 3.05. The van der Waals surface area contributed by atoms with Crippen molar-refractivity contribution < 1.29 is 22.3 Å². The number of aromatic nitrogens is 1. The van der Waals surface area contributed by atoms with Gasteiger partial charge in [-0.15, -0.1) is 0 Å². The summed E-state index contributed by atoms with van der Waals surface area (Å²) in [6, 6.07) is 13.4. The van der Waals surface area contributed by atoms with Crippen LogP contribution in [0.2, 0.25) is 0 Å². The standard InChI is InChI=1S/C23H22FN5O4S2/c1-33-15-14-29-20-9-6-18(24)16-21(20)34-23(29)27-22(30)17-4-7-19(8-5-17)35(31,32)28(12-2-10-25)13-3-11-26/h4-9,16H,2-3,12-15H2,1H3. The Labute approximate surface area is 206 Å². The van der Waals surface area contributed by atoms with Crippen molar-refractivity contribution in [2.24, 2.45) is 4.99 Å². The van der Waals surface area contributed by atoms with Gasteiger partial charge < -0.3 is 9.30 Å². The summed E-state index contributed by atoms with van der Waals surface area (Å²) in [5.41, 5.74) is 0.891. The van der Waals surface area contributed by atoms with E-state index in [1.807, 2.05) is 12.1 Å². The molecule has 0 radical (unpaired) electrons. The minimum atomic E-state index is -3.95. The van der Waals surface area contributed by atoms with E-state index in [0.717, 1.165) is 21.2 Å². The topological polar surface area (TPSA) is 129 Å². The van der Waals surface area contributed by atoms with Crippen LogP contribution < -0.4 is 4.80 Å². The number of hydrogen-bond donors (Lipinski definition) is 0. The fourth-order valence-corrected chi connectivity index (χ4v) is 5.82. The monoisotopic (exact) mass is 515 g/mol. The smallest absolute Gasteiger partial charge is 0.279 e. The zero-order valence-electron chi connectivity index (χ0n) is 18.8. The molecule has 1 aromatic heterocycles. The molecule has 0 fully saturated rings. The number of amides is 1. The van der Waals surface area contributed by atoms with Gasteiger partial charge in [0.05, 0.1) is 33.9 Å². The van der Waals surface area contributed by atoms with E-state index < -0.39 is 21.7 Å². The molecule has 3 aromatic rings. The first-order valence-corrected chi connectivity index (χ1v) is 12.8. The van der Waals surface area contributed by atoms with E-state index in [9.17, 15) is 17.6 Å². The number of thiazole rings is 1. The van der Waals surface area contributed by atoms with Crippen molar-refractivity contribution in [1.29, 1.82) is 10.5 Å². The number of carbonyl (C=O) groups excluding carboxylic acids is 1. The normalized spacial score (nSPS) is 12.1. The first kappa shape index (κ1) is 26.2. The largest absolute Gasteiger partial charge is 0.383 e. The van der Waals surface area contributed by atoms with Crippen molar-refractivity contribution in [2.45, 2.75) is 24.3 Å². The minimum absolute atomic E-state index is 0.0117. The molecule has 12 heteroatoms. The number of halogens is 1. The van der Waals surface area contributed by atoms with Crippen LogP contribution in [0.3, 0.4) is 0 Å². The number of rotatable bonds is 10. The molecule has 0 saturated heterocycles. The van der Waals surface area contributed by atoms with E-state index in [-0.39, 0.29) is 36.4 Å². The lowest BCUT2D eigenvalue weighted by Crippen LogP contribution is -2.32. The van der Waals surface area contributed by atoms with Crippen LogP contribution in [0.15, 0.2) is 52.4 Å². The molecule has 0 saturated carbocycles. The highest BCUT2D eigenvalue weighted by atomic mass is 32.2. The molecule has 0 aliphatic heterocycles. The molecule has 0 unspecified atom stereocenters. The molecule has 0 N–H and O–H groups in total. The molecule has 182 valence electrons. The van der Waals surface area contributed by atoms with Crippen LogP contribution in [-0.4, -0.2) is 50.0 Å². The number of fused-ring (bicyclic) bond motifs is 1. The molecule has 0 bridgehead atoms. The Balaban J connectivity index is 1.92. The third-order valence-electron chi connectivity index (χ3n) is 5.05. The van der Waals surface area contributed by atoms with E-state index >= 15 is 0 Å². The van der Waals surface area contributed by atoms with Gasteiger partial charge >= 0.3 is 0 Å². The highest BCUT2D eigenvalue weighted by Gasteiger charge is 2.24. The Kier molecular flexibility index (Phi) is 8.84. The maximum atomic E-state index is 13.7. The van der Waals surface area contributed by atoms with Crippen molar-refractivity contribution in [3.05, 3.63) is 58.6 Å². The second-order valence-electron chi connectivity index (χ2n) is 7.30. The van der Waals surface area contributed by atoms with Crippen LogP contribution in [-0.2, 0) is 21.3 Å². The van der Waals surface area contributed by atoms with Crippen molar-refractivity contribution in [3.63, 3.8) is 0 Å². The molecule has 1 amide bonds. The molecular formula is C23H22FN5O4S2. The lowest BCUT2D eigenvalue weighted by atomic mass is 10.2. The number of methoxy groups -OCH3 is 1. The van der Waals surface area contributed by atoms with Gasteiger partial charge in [-0.05, 0) is 42.5 Å². The average molecular weight is 516 g/mol. The van der Waals surface area contributed by atoms with Gasteiger partial charge in [-0.3, -0.25) is 4.79 Å². The number of carbonyl (C=O) groups is 1. The number of hydrogen-bond acceptors (Lipinski definition) is 7. The van der Waals surface area contributed by atoms with Crippen LogP contribution in [0.1, 0.15) is 23.2 Å². The molecule has 35 heavy (non-hydrogen) atoms. The van der Waals surface area contributed by atoms with Crippen molar-refractivity contribution >= 4 is 37.5 Å². The summed E-state index contributed by atoms with van der Waals surface area (Å²) in [5, 5.41) is 17.6. The lowest BCUT2D eigenvalue weighted by molar-refractivity contribution is 0.0997. The number of nitriles is 2. The van der Waals surface area contributed by atoms with Gasteiger partial charge in [0.1, 0.15) is 5.82 Å². The summed E-state index contributed by atoms with van der Waals surface area (Å²) in [6.07, 6.45) is -0.0233. The third-order valence-corrected chi connectivity index (χ3v) is 8.00. The van der Waals surface area contributed by atoms with Crippen molar-refractivity contribution in [2.75, 3.05) is 26.8 Å². The zero-order valence-corrected chi connectivity index (χ0v) is 20.5. The number of nitrogens with zero attached hydrogens (tertiary/aromatic N) is 5. The summed E-state index contributed by atoms with van der Waals surface area (Å²) < 4.78 is 48.2. The van der Waals surface area contributed by atoms with Gasteiger partial charge in [0.2, 0.25) is 10.0 Å². The molecule has 3 rings (SSSR count). The van der Waals surface area contributed by atoms with E-state index in [2.05, 4.69) is 4.99 Å². The lowest BCUT2D eigenvalue weighted by Gasteiger charge is -2.20. The molecule has 1 heterocycles. The predicted molar refractivity (Wildman–Crippen MR) is 127 cm³/mol. The van der Waals surface area contributed by atoms with Gasteiger partial charge in [-0.25, -0.2) is 12.8 Å². The fraction of sp³-hybridized carbons (Fsp3) is 0.304. The fourth-order valence-electron chi connectivity index (χ4n) is 3.30. The summed E-state index contributed by atoms with van der Waals surface area (Å²) in [5.74, 6) is -0.983. The van der Waals surface area contributed by atoms with Crippen LogP contribution in [0.5, 0.6) is 0 Å². The Morgan fingerprint density at radius 2 is 1.80 bits per heavy atom. The highest BCUT2D eigenvalue weighted by Crippen LogP contribution is 2.20. The third kappa shape index (κ3) is 6.18. The van der Waals surface area contributed by atoms with E-state index in [0.29, 0.717) is 22.7 Å². The van der Waals surface area contributed by atoms with Gasteiger partial charge in [-0.2, -0.15) is 19.8 Å². The quantitative estimate of drug-likeness (QED) is 0.408. The highest BCUT2D eigenvalue weighted by molar-refractivity contribution is 7.89. The zero-order chi connectivity index (χ0) is 25.4. The van der Waals surface area contributed by atoms with Gasteiger partial charge in [0.25, 0.3) is 5.91 Å². The molecule has 2 aromatic carbocycles. The summed E-state index contributed by atoms with van der Waals surface area (Å²) >= 11 is 1.16. The molecule has 0 atom stereocenters. The molecule has 0 spiro atoms. The maximum Gasteiger partial charge on any atom is 0.279 e. The summed E-state index contributed by atoms with van der Waals surface area (Å²) in [4.78, 5) is 17.3. The van der Waals surface area contributed by atoms with E-state index in [1.165, 1.54) is 36.4 Å². The van der Waals surface area contributed by atoms with Gasteiger partial charge in [0, 0.05) is 45.1 Å². The second-order valence-corrected chi connectivity index (χ2v) is 10.2. The van der Waals surface area contributed by atoms with Crippen LogP contribution in [0, 0.1) is 28.5 Å². The Bertz CT molecular complexity index is 1450. The van der Waals surface area contributed by atoms with Crippen LogP contribution >= 0.6 is 11.3 Å². The second kappa shape index (κ2) is 11.8. The first-order valence-electron chi connectivity index (χ1n) is 10.5. The molecule has 9 nitrogen and oxygen atoms in total. The Hall–Kier alpha value is -3.42. The minimum Gasteiger partial charge on any atom is -0.383 e. The van der Waals surface area contributed by atoms with E-state index in [4.69, 9.17) is 15.3 Å². The first-order chi connectivity index (χ1) is 16.8. The average Bonchev–Trinajstić information content (AvgIpc) is 3.18. The molecule has 0 aliphatic rings.